The van der Waals surface area contributed by atoms with Gasteiger partial charge in [-0.05, 0) is 18.2 Å². The summed E-state index contributed by atoms with van der Waals surface area (Å²) in [4.78, 5) is 16.2. The molecule has 1 aliphatic rings. The molecule has 1 aromatic heterocycles. The molecule has 23 heavy (non-hydrogen) atoms. The number of ether oxygens (including phenoxy) is 3. The van der Waals surface area contributed by atoms with E-state index in [1.807, 2.05) is 24.3 Å². The molecule has 120 valence electrons. The first-order valence-corrected chi connectivity index (χ1v) is 7.39. The quantitative estimate of drug-likeness (QED) is 0.910. The van der Waals surface area contributed by atoms with Gasteiger partial charge in [0.2, 0.25) is 5.91 Å². The van der Waals surface area contributed by atoms with Crippen molar-refractivity contribution in [2.45, 2.75) is 13.0 Å². The van der Waals surface area contributed by atoms with Crippen LogP contribution in [0.2, 0.25) is 0 Å². The fourth-order valence-electron chi connectivity index (χ4n) is 2.36. The number of amides is 1. The van der Waals surface area contributed by atoms with Crippen molar-refractivity contribution < 1.29 is 19.0 Å². The van der Waals surface area contributed by atoms with Crippen LogP contribution < -0.4 is 19.5 Å². The first-order valence-electron chi connectivity index (χ1n) is 7.39. The molecule has 0 aliphatic carbocycles. The normalized spacial score (nSPS) is 12.6. The standard InChI is InChI=1S/C17H18N2O4/c1-21-14-10-16-15(22-6-7-23-16)8-12(14)11-19-17(20)9-13-4-2-3-5-18-13/h2-5,8,10H,6-7,9,11H2,1H3,(H,19,20). The van der Waals surface area contributed by atoms with Gasteiger partial charge in [-0.25, -0.2) is 0 Å². The minimum atomic E-state index is -0.0966. The molecule has 0 unspecified atom stereocenters. The van der Waals surface area contributed by atoms with E-state index in [4.69, 9.17) is 14.2 Å². The van der Waals surface area contributed by atoms with Gasteiger partial charge in [0.1, 0.15) is 19.0 Å². The Kier molecular flexibility index (Phi) is 4.61. The summed E-state index contributed by atoms with van der Waals surface area (Å²) in [5.74, 6) is 1.90. The van der Waals surface area contributed by atoms with E-state index >= 15 is 0 Å². The molecule has 0 fully saturated rings. The number of pyridine rings is 1. The lowest BCUT2D eigenvalue weighted by molar-refractivity contribution is -0.120. The Bertz CT molecular complexity index is 688. The van der Waals surface area contributed by atoms with E-state index in [-0.39, 0.29) is 12.3 Å². The number of carbonyl (C=O) groups excluding carboxylic acids is 1. The van der Waals surface area contributed by atoms with Crippen LogP contribution in [-0.4, -0.2) is 31.2 Å². The van der Waals surface area contributed by atoms with Crippen molar-refractivity contribution in [1.82, 2.24) is 10.3 Å². The zero-order valence-corrected chi connectivity index (χ0v) is 12.9. The summed E-state index contributed by atoms with van der Waals surface area (Å²) in [5, 5.41) is 2.87. The van der Waals surface area contributed by atoms with E-state index in [0.29, 0.717) is 37.0 Å². The molecule has 0 spiro atoms. The van der Waals surface area contributed by atoms with Crippen molar-refractivity contribution in [2.75, 3.05) is 20.3 Å². The van der Waals surface area contributed by atoms with Crippen LogP contribution in [0.5, 0.6) is 17.2 Å². The first kappa shape index (κ1) is 15.1. The summed E-state index contributed by atoms with van der Waals surface area (Å²) < 4.78 is 16.5. The number of nitrogens with one attached hydrogen (secondary N) is 1. The Labute approximate surface area is 134 Å². The van der Waals surface area contributed by atoms with Crippen LogP contribution in [0.1, 0.15) is 11.3 Å². The number of hydrogen-bond acceptors (Lipinski definition) is 5. The summed E-state index contributed by atoms with van der Waals surface area (Å²) in [5.41, 5.74) is 1.57. The van der Waals surface area contributed by atoms with Gasteiger partial charge in [0.05, 0.1) is 13.5 Å². The fraction of sp³-hybridized carbons (Fsp3) is 0.294. The van der Waals surface area contributed by atoms with Crippen molar-refractivity contribution in [3.63, 3.8) is 0 Å². The molecular weight excluding hydrogens is 296 g/mol. The molecule has 1 aromatic carbocycles. The highest BCUT2D eigenvalue weighted by molar-refractivity contribution is 5.78. The number of hydrogen-bond donors (Lipinski definition) is 1. The lowest BCUT2D eigenvalue weighted by atomic mass is 10.1. The number of carbonyl (C=O) groups is 1. The molecule has 2 heterocycles. The molecule has 1 aliphatic heterocycles. The SMILES string of the molecule is COc1cc2c(cc1CNC(=O)Cc1ccccn1)OCCO2. The average molecular weight is 314 g/mol. The Balaban J connectivity index is 1.66. The lowest BCUT2D eigenvalue weighted by Gasteiger charge is -2.20. The van der Waals surface area contributed by atoms with Crippen molar-refractivity contribution in [3.8, 4) is 17.2 Å². The van der Waals surface area contributed by atoms with Crippen LogP contribution in [0.4, 0.5) is 0 Å². The van der Waals surface area contributed by atoms with Gasteiger partial charge in [-0.2, -0.15) is 0 Å². The topological polar surface area (TPSA) is 69.7 Å². The predicted molar refractivity (Wildman–Crippen MR) is 83.8 cm³/mol. The van der Waals surface area contributed by atoms with Gasteiger partial charge in [0, 0.05) is 30.1 Å². The monoisotopic (exact) mass is 314 g/mol. The van der Waals surface area contributed by atoms with Crippen LogP contribution in [0.15, 0.2) is 36.5 Å². The minimum Gasteiger partial charge on any atom is -0.496 e. The van der Waals surface area contributed by atoms with Crippen LogP contribution >= 0.6 is 0 Å². The van der Waals surface area contributed by atoms with E-state index in [2.05, 4.69) is 10.3 Å². The number of aromatic nitrogens is 1. The summed E-state index contributed by atoms with van der Waals surface area (Å²) >= 11 is 0. The summed E-state index contributed by atoms with van der Waals surface area (Å²) in [6.45, 7) is 1.40. The third-order valence-corrected chi connectivity index (χ3v) is 3.49. The van der Waals surface area contributed by atoms with Crippen LogP contribution in [-0.2, 0) is 17.8 Å². The number of nitrogens with zero attached hydrogens (tertiary/aromatic N) is 1. The molecule has 2 aromatic rings. The minimum absolute atomic E-state index is 0.0966. The van der Waals surface area contributed by atoms with E-state index in [1.54, 1.807) is 19.4 Å². The molecular formula is C17H18N2O4. The molecule has 0 radical (unpaired) electrons. The second-order valence-corrected chi connectivity index (χ2v) is 5.08. The summed E-state index contributed by atoms with van der Waals surface area (Å²) in [7, 11) is 1.59. The van der Waals surface area contributed by atoms with Gasteiger partial charge in [-0.3, -0.25) is 9.78 Å². The highest BCUT2D eigenvalue weighted by atomic mass is 16.6. The second kappa shape index (κ2) is 7.00. The molecule has 1 N–H and O–H groups in total. The van der Waals surface area contributed by atoms with Gasteiger partial charge in [-0.15, -0.1) is 0 Å². The predicted octanol–water partition coefficient (Wildman–Crippen LogP) is 1.72. The molecule has 6 heteroatoms. The molecule has 0 saturated carbocycles. The zero-order valence-electron chi connectivity index (χ0n) is 12.9. The number of rotatable bonds is 5. The fourth-order valence-corrected chi connectivity index (χ4v) is 2.36. The Morgan fingerprint density at radius 1 is 1.26 bits per heavy atom. The molecule has 6 nitrogen and oxygen atoms in total. The maximum atomic E-state index is 12.0. The van der Waals surface area contributed by atoms with Gasteiger partial charge < -0.3 is 19.5 Å². The number of methoxy groups -OCH3 is 1. The highest BCUT2D eigenvalue weighted by Crippen LogP contribution is 2.36. The van der Waals surface area contributed by atoms with Crippen LogP contribution in [0, 0.1) is 0 Å². The summed E-state index contributed by atoms with van der Waals surface area (Å²) in [6.07, 6.45) is 1.92. The second-order valence-electron chi connectivity index (χ2n) is 5.08. The average Bonchev–Trinajstić information content (AvgIpc) is 2.60. The maximum absolute atomic E-state index is 12.0. The van der Waals surface area contributed by atoms with E-state index in [0.717, 1.165) is 11.3 Å². The van der Waals surface area contributed by atoms with Crippen LogP contribution in [0.3, 0.4) is 0 Å². The third-order valence-electron chi connectivity index (χ3n) is 3.49. The zero-order chi connectivity index (χ0) is 16.1. The lowest BCUT2D eigenvalue weighted by Crippen LogP contribution is -2.25. The van der Waals surface area contributed by atoms with Crippen molar-refractivity contribution >= 4 is 5.91 Å². The van der Waals surface area contributed by atoms with Crippen molar-refractivity contribution in [3.05, 3.63) is 47.8 Å². The number of benzene rings is 1. The third kappa shape index (κ3) is 3.71. The van der Waals surface area contributed by atoms with E-state index in [1.165, 1.54) is 0 Å². The van der Waals surface area contributed by atoms with E-state index < -0.39 is 0 Å². The maximum Gasteiger partial charge on any atom is 0.226 e. The van der Waals surface area contributed by atoms with Gasteiger partial charge >= 0.3 is 0 Å². The molecule has 3 rings (SSSR count). The van der Waals surface area contributed by atoms with Gasteiger partial charge in [0.25, 0.3) is 0 Å². The molecule has 1 amide bonds. The smallest absolute Gasteiger partial charge is 0.226 e. The van der Waals surface area contributed by atoms with Crippen molar-refractivity contribution in [2.24, 2.45) is 0 Å². The first-order chi connectivity index (χ1) is 11.3. The van der Waals surface area contributed by atoms with Crippen molar-refractivity contribution in [1.29, 1.82) is 0 Å². The van der Waals surface area contributed by atoms with Gasteiger partial charge in [-0.1, -0.05) is 6.07 Å². The van der Waals surface area contributed by atoms with Crippen LogP contribution in [0.25, 0.3) is 0 Å². The Morgan fingerprint density at radius 3 is 2.74 bits per heavy atom. The van der Waals surface area contributed by atoms with Gasteiger partial charge in [0.15, 0.2) is 11.5 Å². The molecule has 0 saturated heterocycles. The Hall–Kier alpha value is -2.76. The highest BCUT2D eigenvalue weighted by Gasteiger charge is 2.16. The largest absolute Gasteiger partial charge is 0.496 e. The molecule has 0 atom stereocenters. The Morgan fingerprint density at radius 2 is 2.04 bits per heavy atom. The van der Waals surface area contributed by atoms with E-state index in [9.17, 15) is 4.79 Å². The molecule has 0 bridgehead atoms. The summed E-state index contributed by atoms with van der Waals surface area (Å²) in [6, 6.07) is 9.13. The number of fused-ring (bicyclic) bond motifs is 1.